The molecule has 0 saturated carbocycles. The third-order valence-electron chi connectivity index (χ3n) is 3.39. The summed E-state index contributed by atoms with van der Waals surface area (Å²) in [5, 5.41) is 3.97. The van der Waals surface area contributed by atoms with Gasteiger partial charge >= 0.3 is 0 Å². The highest BCUT2D eigenvalue weighted by atomic mass is 32.2. The molecule has 120 valence electrons. The predicted octanol–water partition coefficient (Wildman–Crippen LogP) is 3.15. The number of nitrogens with zero attached hydrogens (tertiary/aromatic N) is 5. The highest BCUT2D eigenvalue weighted by Gasteiger charge is 2.23. The molecule has 10 heteroatoms. The first-order valence-electron chi connectivity index (χ1n) is 6.38. The monoisotopic (exact) mass is 343 g/mol. The van der Waals surface area contributed by atoms with Gasteiger partial charge in [-0.1, -0.05) is 0 Å². The molecular formula is C13H9F4N5S. The minimum Gasteiger partial charge on any atom is -0.216 e. The fourth-order valence-corrected chi connectivity index (χ4v) is 2.71. The lowest BCUT2D eigenvalue weighted by Crippen LogP contribution is -2.02. The first-order valence-corrected chi connectivity index (χ1v) is 7.19. The molecule has 3 rings (SSSR count). The zero-order chi connectivity index (χ0) is 16.9. The Kier molecular flexibility index (Phi) is 3.71. The molecule has 0 N–H and O–H groups in total. The Morgan fingerprint density at radius 1 is 0.870 bits per heavy atom. The summed E-state index contributed by atoms with van der Waals surface area (Å²) < 4.78 is 55.0. The Morgan fingerprint density at radius 3 is 2.09 bits per heavy atom. The van der Waals surface area contributed by atoms with Crippen LogP contribution in [0, 0.1) is 44.3 Å². The zero-order valence-electron chi connectivity index (χ0n) is 12.2. The molecule has 23 heavy (non-hydrogen) atoms. The first-order chi connectivity index (χ1) is 10.8. The number of hydrogen-bond acceptors (Lipinski definition) is 5. The molecule has 0 atom stereocenters. The normalized spacial score (nSPS) is 11.4. The number of aromatic nitrogens is 5. The second-order valence-electron chi connectivity index (χ2n) is 4.77. The summed E-state index contributed by atoms with van der Waals surface area (Å²) >= 11 is 0.362. The van der Waals surface area contributed by atoms with Crippen molar-refractivity contribution in [3.63, 3.8) is 0 Å². The fraction of sp³-hybridized carbons (Fsp3) is 0.231. The summed E-state index contributed by atoms with van der Waals surface area (Å²) in [6, 6.07) is 0. The topological polar surface area (TPSA) is 56.0 Å². The standard InChI is InChI=1S/C13H9F4N5S/c1-4-5(2)18-12-20-13(21-22(12)6(4)3)23-9-7(14)10(16)19-11(17)8(9)15/h1-3H3. The lowest BCUT2D eigenvalue weighted by atomic mass is 10.2. The highest BCUT2D eigenvalue weighted by molar-refractivity contribution is 7.99. The van der Waals surface area contributed by atoms with Crippen LogP contribution in [0.2, 0.25) is 0 Å². The Balaban J connectivity index is 2.12. The Bertz CT molecular complexity index is 914. The molecule has 0 aliphatic heterocycles. The minimum absolute atomic E-state index is 0.0894. The van der Waals surface area contributed by atoms with Crippen molar-refractivity contribution in [3.05, 3.63) is 40.5 Å². The van der Waals surface area contributed by atoms with Crippen molar-refractivity contribution in [2.45, 2.75) is 30.8 Å². The van der Waals surface area contributed by atoms with Crippen LogP contribution in [-0.2, 0) is 0 Å². The van der Waals surface area contributed by atoms with Gasteiger partial charge in [0.15, 0.2) is 11.6 Å². The van der Waals surface area contributed by atoms with Crippen molar-refractivity contribution in [1.29, 1.82) is 0 Å². The zero-order valence-corrected chi connectivity index (χ0v) is 13.0. The van der Waals surface area contributed by atoms with Crippen molar-refractivity contribution in [1.82, 2.24) is 24.6 Å². The lowest BCUT2D eigenvalue weighted by Gasteiger charge is -2.04. The van der Waals surface area contributed by atoms with E-state index in [1.807, 2.05) is 6.92 Å². The molecule has 0 spiro atoms. The maximum absolute atomic E-state index is 13.6. The van der Waals surface area contributed by atoms with Gasteiger partial charge in [0.2, 0.25) is 5.16 Å². The van der Waals surface area contributed by atoms with E-state index in [9.17, 15) is 17.6 Å². The molecule has 0 saturated heterocycles. The summed E-state index contributed by atoms with van der Waals surface area (Å²) in [6.07, 6.45) is 0. The molecule has 0 aromatic carbocycles. The summed E-state index contributed by atoms with van der Waals surface area (Å²) in [5.74, 6) is -6.41. The van der Waals surface area contributed by atoms with E-state index in [4.69, 9.17) is 0 Å². The summed E-state index contributed by atoms with van der Waals surface area (Å²) in [7, 11) is 0. The van der Waals surface area contributed by atoms with Crippen molar-refractivity contribution < 1.29 is 17.6 Å². The number of halogens is 4. The number of hydrogen-bond donors (Lipinski definition) is 0. The molecule has 0 amide bonds. The average Bonchev–Trinajstić information content (AvgIpc) is 2.90. The number of fused-ring (bicyclic) bond motifs is 1. The first kappa shape index (κ1) is 15.7. The second-order valence-corrected chi connectivity index (χ2v) is 5.74. The lowest BCUT2D eigenvalue weighted by molar-refractivity contribution is 0.383. The molecule has 0 aliphatic rings. The van der Waals surface area contributed by atoms with Gasteiger partial charge in [0, 0.05) is 11.4 Å². The van der Waals surface area contributed by atoms with E-state index >= 15 is 0 Å². The maximum atomic E-state index is 13.6. The number of pyridine rings is 1. The van der Waals surface area contributed by atoms with Crippen LogP contribution in [0.4, 0.5) is 17.6 Å². The van der Waals surface area contributed by atoms with Crippen molar-refractivity contribution in [3.8, 4) is 0 Å². The molecule has 0 bridgehead atoms. The van der Waals surface area contributed by atoms with Crippen LogP contribution in [0.15, 0.2) is 10.1 Å². The second kappa shape index (κ2) is 5.44. The Hall–Kier alpha value is -2.23. The van der Waals surface area contributed by atoms with Crippen LogP contribution in [0.5, 0.6) is 0 Å². The molecule has 0 fully saturated rings. The van der Waals surface area contributed by atoms with Crippen LogP contribution < -0.4 is 0 Å². The van der Waals surface area contributed by atoms with Crippen LogP contribution in [0.3, 0.4) is 0 Å². The largest absolute Gasteiger partial charge is 0.253 e. The summed E-state index contributed by atoms with van der Waals surface area (Å²) in [6.45, 7) is 5.42. The van der Waals surface area contributed by atoms with Gasteiger partial charge in [0.05, 0.1) is 4.90 Å². The van der Waals surface area contributed by atoms with Crippen molar-refractivity contribution in [2.75, 3.05) is 0 Å². The van der Waals surface area contributed by atoms with Crippen LogP contribution in [-0.4, -0.2) is 24.6 Å². The van der Waals surface area contributed by atoms with Gasteiger partial charge < -0.3 is 0 Å². The van der Waals surface area contributed by atoms with E-state index in [1.165, 1.54) is 4.52 Å². The van der Waals surface area contributed by atoms with Crippen LogP contribution in [0.25, 0.3) is 5.78 Å². The fourth-order valence-electron chi connectivity index (χ4n) is 1.93. The SMILES string of the molecule is Cc1nc2nc(Sc3c(F)c(F)nc(F)c3F)nn2c(C)c1C. The molecule has 0 radical (unpaired) electrons. The number of rotatable bonds is 2. The molecular weight excluding hydrogens is 334 g/mol. The van der Waals surface area contributed by atoms with Crippen LogP contribution in [0.1, 0.15) is 17.0 Å². The average molecular weight is 343 g/mol. The third kappa shape index (κ3) is 2.52. The van der Waals surface area contributed by atoms with E-state index < -0.39 is 28.4 Å². The predicted molar refractivity (Wildman–Crippen MR) is 73.2 cm³/mol. The molecule has 3 aromatic rings. The molecule has 3 heterocycles. The van der Waals surface area contributed by atoms with E-state index in [2.05, 4.69) is 20.1 Å². The van der Waals surface area contributed by atoms with Crippen molar-refractivity contribution >= 4 is 17.5 Å². The summed E-state index contributed by atoms with van der Waals surface area (Å²) in [4.78, 5) is 9.83. The van der Waals surface area contributed by atoms with Crippen molar-refractivity contribution in [2.24, 2.45) is 0 Å². The van der Waals surface area contributed by atoms with Gasteiger partial charge in [-0.2, -0.15) is 18.7 Å². The summed E-state index contributed by atoms with van der Waals surface area (Å²) in [5.41, 5.74) is 2.37. The van der Waals surface area contributed by atoms with E-state index in [1.54, 1.807) is 13.8 Å². The van der Waals surface area contributed by atoms with E-state index in [0.29, 0.717) is 11.8 Å². The van der Waals surface area contributed by atoms with Crippen LogP contribution >= 0.6 is 11.8 Å². The highest BCUT2D eigenvalue weighted by Crippen LogP contribution is 2.32. The molecule has 5 nitrogen and oxygen atoms in total. The Labute approximate surface area is 131 Å². The molecule has 3 aromatic heterocycles. The van der Waals surface area contributed by atoms with Gasteiger partial charge in [-0.25, -0.2) is 18.3 Å². The molecule has 0 unspecified atom stereocenters. The third-order valence-corrected chi connectivity index (χ3v) is 4.31. The van der Waals surface area contributed by atoms with E-state index in [0.717, 1.165) is 17.0 Å². The van der Waals surface area contributed by atoms with Gasteiger partial charge in [0.25, 0.3) is 17.7 Å². The molecule has 0 aliphatic carbocycles. The van der Waals surface area contributed by atoms with Gasteiger partial charge in [-0.3, -0.25) is 0 Å². The van der Waals surface area contributed by atoms with E-state index in [-0.39, 0.29) is 10.9 Å². The quantitative estimate of drug-likeness (QED) is 0.528. The minimum atomic E-state index is -1.73. The maximum Gasteiger partial charge on any atom is 0.253 e. The van der Waals surface area contributed by atoms with Gasteiger partial charge in [-0.05, 0) is 38.1 Å². The van der Waals surface area contributed by atoms with Gasteiger partial charge in [0.1, 0.15) is 0 Å². The number of aryl methyl sites for hydroxylation is 2. The smallest absolute Gasteiger partial charge is 0.216 e. The van der Waals surface area contributed by atoms with Gasteiger partial charge in [-0.15, -0.1) is 5.10 Å². The Morgan fingerprint density at radius 2 is 1.48 bits per heavy atom.